The van der Waals surface area contributed by atoms with Crippen molar-refractivity contribution in [3.8, 4) is 0 Å². The van der Waals surface area contributed by atoms with Crippen molar-refractivity contribution in [3.63, 3.8) is 0 Å². The standard InChI is InChI=1S/C14H26O2/c1-5-7-16-14(13(15)6-2)9-11(3)8-12(4)10-14/h11-12H,5-10H2,1-4H3. The zero-order valence-electron chi connectivity index (χ0n) is 11.2. The van der Waals surface area contributed by atoms with Crippen LogP contribution in [0.2, 0.25) is 0 Å². The van der Waals surface area contributed by atoms with E-state index in [0.29, 0.717) is 30.6 Å². The molecule has 1 rings (SSSR count). The average molecular weight is 226 g/mol. The zero-order chi connectivity index (χ0) is 12.2. The predicted octanol–water partition coefficient (Wildman–Crippen LogP) is 3.59. The molecule has 0 spiro atoms. The summed E-state index contributed by atoms with van der Waals surface area (Å²) in [4.78, 5) is 12.2. The number of ketones is 1. The Labute approximate surface area is 99.8 Å². The SMILES string of the molecule is CCCOC1(C(=O)CC)CC(C)CC(C)C1. The van der Waals surface area contributed by atoms with Gasteiger partial charge in [0.15, 0.2) is 5.78 Å². The Morgan fingerprint density at radius 1 is 1.25 bits per heavy atom. The van der Waals surface area contributed by atoms with E-state index in [-0.39, 0.29) is 0 Å². The number of carbonyl (C=O) groups excluding carboxylic acids is 1. The number of rotatable bonds is 5. The first-order valence-electron chi connectivity index (χ1n) is 6.71. The van der Waals surface area contributed by atoms with Crippen molar-refractivity contribution in [1.82, 2.24) is 0 Å². The Morgan fingerprint density at radius 2 is 1.81 bits per heavy atom. The van der Waals surface area contributed by atoms with Crippen LogP contribution in [0.3, 0.4) is 0 Å². The lowest BCUT2D eigenvalue weighted by molar-refractivity contribution is -0.154. The number of carbonyl (C=O) groups is 1. The second kappa shape index (κ2) is 5.81. The summed E-state index contributed by atoms with van der Waals surface area (Å²) < 4.78 is 5.96. The second-order valence-corrected chi connectivity index (χ2v) is 5.47. The summed E-state index contributed by atoms with van der Waals surface area (Å²) in [6, 6.07) is 0. The van der Waals surface area contributed by atoms with Crippen molar-refractivity contribution in [2.75, 3.05) is 6.61 Å². The van der Waals surface area contributed by atoms with Gasteiger partial charge in [0, 0.05) is 13.0 Å². The highest BCUT2D eigenvalue weighted by Gasteiger charge is 2.43. The third-order valence-electron chi connectivity index (χ3n) is 3.57. The van der Waals surface area contributed by atoms with Crippen LogP contribution in [0.15, 0.2) is 0 Å². The van der Waals surface area contributed by atoms with Crippen molar-refractivity contribution >= 4 is 5.78 Å². The Hall–Kier alpha value is -0.370. The Kier molecular flexibility index (Phi) is 4.97. The van der Waals surface area contributed by atoms with Gasteiger partial charge in [-0.2, -0.15) is 0 Å². The molecule has 0 aliphatic heterocycles. The molecule has 2 atom stereocenters. The van der Waals surface area contributed by atoms with E-state index in [2.05, 4.69) is 20.8 Å². The first-order valence-corrected chi connectivity index (χ1v) is 6.71. The van der Waals surface area contributed by atoms with Crippen molar-refractivity contribution in [1.29, 1.82) is 0 Å². The van der Waals surface area contributed by atoms with Crippen LogP contribution < -0.4 is 0 Å². The number of hydrogen-bond donors (Lipinski definition) is 0. The molecule has 0 amide bonds. The number of hydrogen-bond acceptors (Lipinski definition) is 2. The van der Waals surface area contributed by atoms with Gasteiger partial charge in [0.05, 0.1) is 0 Å². The maximum absolute atomic E-state index is 12.2. The number of Topliss-reactive ketones (excluding diaryl/α,β-unsaturated/α-hetero) is 1. The van der Waals surface area contributed by atoms with Gasteiger partial charge in [0.1, 0.15) is 5.60 Å². The summed E-state index contributed by atoms with van der Waals surface area (Å²) in [6.07, 6.45) is 4.66. The molecule has 0 bridgehead atoms. The smallest absolute Gasteiger partial charge is 0.164 e. The molecule has 0 N–H and O–H groups in total. The molecule has 1 saturated carbocycles. The maximum Gasteiger partial charge on any atom is 0.164 e. The highest BCUT2D eigenvalue weighted by atomic mass is 16.5. The molecule has 0 aromatic heterocycles. The summed E-state index contributed by atoms with van der Waals surface area (Å²) in [5.74, 6) is 1.52. The molecule has 1 aliphatic rings. The fourth-order valence-corrected chi connectivity index (χ4v) is 3.11. The molecule has 1 fully saturated rings. The molecule has 0 aromatic rings. The Morgan fingerprint density at radius 3 is 2.25 bits per heavy atom. The van der Waals surface area contributed by atoms with Gasteiger partial charge in [-0.25, -0.2) is 0 Å². The molecule has 1 aliphatic carbocycles. The molecule has 94 valence electrons. The largest absolute Gasteiger partial charge is 0.367 e. The van der Waals surface area contributed by atoms with Crippen LogP contribution in [0, 0.1) is 11.8 Å². The van der Waals surface area contributed by atoms with E-state index in [1.165, 1.54) is 6.42 Å². The average Bonchev–Trinajstić information content (AvgIpc) is 2.24. The van der Waals surface area contributed by atoms with Gasteiger partial charge in [-0.3, -0.25) is 4.79 Å². The molecular formula is C14H26O2. The predicted molar refractivity (Wildman–Crippen MR) is 66.5 cm³/mol. The minimum atomic E-state index is -0.457. The lowest BCUT2D eigenvalue weighted by Crippen LogP contribution is -2.47. The monoisotopic (exact) mass is 226 g/mol. The van der Waals surface area contributed by atoms with Crippen LogP contribution in [0.25, 0.3) is 0 Å². The van der Waals surface area contributed by atoms with E-state index in [1.807, 2.05) is 6.92 Å². The Balaban J connectivity index is 2.80. The van der Waals surface area contributed by atoms with E-state index in [9.17, 15) is 4.79 Å². The van der Waals surface area contributed by atoms with Crippen LogP contribution in [-0.4, -0.2) is 18.0 Å². The minimum Gasteiger partial charge on any atom is -0.367 e. The molecule has 2 nitrogen and oxygen atoms in total. The van der Waals surface area contributed by atoms with Crippen molar-refractivity contribution in [2.24, 2.45) is 11.8 Å². The van der Waals surface area contributed by atoms with Crippen molar-refractivity contribution in [3.05, 3.63) is 0 Å². The van der Waals surface area contributed by atoms with Gasteiger partial charge in [0.2, 0.25) is 0 Å². The molecule has 0 radical (unpaired) electrons. The van der Waals surface area contributed by atoms with Gasteiger partial charge in [0.25, 0.3) is 0 Å². The zero-order valence-corrected chi connectivity index (χ0v) is 11.2. The summed E-state index contributed by atoms with van der Waals surface area (Å²) in [6.45, 7) is 9.24. The topological polar surface area (TPSA) is 26.3 Å². The van der Waals surface area contributed by atoms with Crippen LogP contribution in [-0.2, 0) is 9.53 Å². The second-order valence-electron chi connectivity index (χ2n) is 5.47. The summed E-state index contributed by atoms with van der Waals surface area (Å²) in [7, 11) is 0. The third-order valence-corrected chi connectivity index (χ3v) is 3.57. The quantitative estimate of drug-likeness (QED) is 0.716. The molecule has 0 saturated heterocycles. The van der Waals surface area contributed by atoms with Crippen LogP contribution in [0.1, 0.15) is 59.8 Å². The van der Waals surface area contributed by atoms with E-state index < -0.39 is 5.60 Å². The van der Waals surface area contributed by atoms with Gasteiger partial charge in [-0.15, -0.1) is 0 Å². The first-order chi connectivity index (χ1) is 7.54. The summed E-state index contributed by atoms with van der Waals surface area (Å²) >= 11 is 0. The van der Waals surface area contributed by atoms with E-state index in [4.69, 9.17) is 4.74 Å². The fourth-order valence-electron chi connectivity index (χ4n) is 3.11. The Bertz CT molecular complexity index is 225. The maximum atomic E-state index is 12.2. The lowest BCUT2D eigenvalue weighted by Gasteiger charge is -2.41. The van der Waals surface area contributed by atoms with Crippen LogP contribution in [0.4, 0.5) is 0 Å². The summed E-state index contributed by atoms with van der Waals surface area (Å²) in [5.41, 5.74) is -0.457. The molecule has 2 unspecified atom stereocenters. The highest BCUT2D eigenvalue weighted by Crippen LogP contribution is 2.39. The van der Waals surface area contributed by atoms with E-state index >= 15 is 0 Å². The van der Waals surface area contributed by atoms with Crippen molar-refractivity contribution < 1.29 is 9.53 Å². The fraction of sp³-hybridized carbons (Fsp3) is 0.929. The molecule has 16 heavy (non-hydrogen) atoms. The first kappa shape index (κ1) is 13.7. The minimum absolute atomic E-state index is 0.305. The number of ether oxygens (including phenoxy) is 1. The van der Waals surface area contributed by atoms with Gasteiger partial charge in [-0.1, -0.05) is 27.7 Å². The molecule has 0 heterocycles. The third kappa shape index (κ3) is 3.07. The lowest BCUT2D eigenvalue weighted by atomic mass is 9.71. The van der Waals surface area contributed by atoms with Gasteiger partial charge < -0.3 is 4.74 Å². The summed E-state index contributed by atoms with van der Waals surface area (Å²) in [5, 5.41) is 0. The van der Waals surface area contributed by atoms with E-state index in [0.717, 1.165) is 19.3 Å². The molecular weight excluding hydrogens is 200 g/mol. The van der Waals surface area contributed by atoms with E-state index in [1.54, 1.807) is 0 Å². The highest BCUT2D eigenvalue weighted by molar-refractivity contribution is 5.87. The van der Waals surface area contributed by atoms with Gasteiger partial charge >= 0.3 is 0 Å². The molecule has 0 aromatic carbocycles. The van der Waals surface area contributed by atoms with Gasteiger partial charge in [-0.05, 0) is 37.5 Å². The van der Waals surface area contributed by atoms with Crippen LogP contribution >= 0.6 is 0 Å². The van der Waals surface area contributed by atoms with Crippen molar-refractivity contribution in [2.45, 2.75) is 65.4 Å². The molecule has 2 heteroatoms. The normalized spacial score (nSPS) is 35.0. The van der Waals surface area contributed by atoms with Crippen LogP contribution in [0.5, 0.6) is 0 Å².